The second-order valence-corrected chi connectivity index (χ2v) is 4.37. The highest BCUT2D eigenvalue weighted by Crippen LogP contribution is 2.34. The molecule has 0 aromatic carbocycles. The molecule has 1 unspecified atom stereocenters. The summed E-state index contributed by atoms with van der Waals surface area (Å²) in [6, 6.07) is 0.674. The van der Waals surface area contributed by atoms with Crippen LogP contribution in [0.3, 0.4) is 0 Å². The van der Waals surface area contributed by atoms with E-state index in [9.17, 15) is 0 Å². The summed E-state index contributed by atoms with van der Waals surface area (Å²) in [6.07, 6.45) is 8.05. The quantitative estimate of drug-likeness (QED) is 0.793. The molecule has 0 bridgehead atoms. The summed E-state index contributed by atoms with van der Waals surface area (Å²) in [6.45, 7) is 2.69. The van der Waals surface area contributed by atoms with Crippen LogP contribution in [0.5, 0.6) is 0 Å². The molecule has 0 radical (unpaired) electrons. The van der Waals surface area contributed by atoms with Crippen LogP contribution in [0.15, 0.2) is 12.5 Å². The molecular formula is C11H17N3O. The van der Waals surface area contributed by atoms with Crippen molar-refractivity contribution in [3.63, 3.8) is 0 Å². The zero-order valence-corrected chi connectivity index (χ0v) is 8.85. The van der Waals surface area contributed by atoms with E-state index in [4.69, 9.17) is 4.74 Å². The predicted octanol–water partition coefficient (Wildman–Crippen LogP) is 1.27. The number of hydrogen-bond donors (Lipinski definition) is 1. The van der Waals surface area contributed by atoms with Crippen molar-refractivity contribution in [2.75, 3.05) is 19.7 Å². The first kappa shape index (κ1) is 9.36. The van der Waals surface area contributed by atoms with E-state index in [0.29, 0.717) is 6.04 Å². The van der Waals surface area contributed by atoms with Gasteiger partial charge in [-0.1, -0.05) is 0 Å². The van der Waals surface area contributed by atoms with Gasteiger partial charge in [-0.2, -0.15) is 0 Å². The number of rotatable bonds is 2. The van der Waals surface area contributed by atoms with E-state index in [0.717, 1.165) is 19.7 Å². The molecule has 3 rings (SSSR count). The molecule has 1 aromatic heterocycles. The lowest BCUT2D eigenvalue weighted by Crippen LogP contribution is -2.35. The summed E-state index contributed by atoms with van der Waals surface area (Å²) in [5, 5.41) is 3.36. The normalized spacial score (nSPS) is 27.6. The summed E-state index contributed by atoms with van der Waals surface area (Å²) >= 11 is 0. The minimum absolute atomic E-state index is 0.196. The van der Waals surface area contributed by atoms with Crippen LogP contribution in [0.25, 0.3) is 0 Å². The molecule has 15 heavy (non-hydrogen) atoms. The van der Waals surface area contributed by atoms with Crippen molar-refractivity contribution < 1.29 is 4.74 Å². The Kier molecular flexibility index (Phi) is 2.46. The van der Waals surface area contributed by atoms with Crippen molar-refractivity contribution in [3.05, 3.63) is 18.2 Å². The van der Waals surface area contributed by atoms with Gasteiger partial charge in [0.15, 0.2) is 0 Å². The Bertz CT molecular complexity index is 326. The molecule has 1 saturated carbocycles. The highest BCUT2D eigenvalue weighted by Gasteiger charge is 2.26. The molecule has 1 atom stereocenters. The lowest BCUT2D eigenvalue weighted by atomic mass is 9.92. The van der Waals surface area contributed by atoms with Crippen LogP contribution in [0, 0.1) is 0 Å². The average molecular weight is 207 g/mol. The zero-order chi connectivity index (χ0) is 10.1. The van der Waals surface area contributed by atoms with Crippen LogP contribution in [-0.4, -0.2) is 29.2 Å². The van der Waals surface area contributed by atoms with Crippen molar-refractivity contribution in [1.82, 2.24) is 14.9 Å². The number of hydrogen-bond acceptors (Lipinski definition) is 3. The third-order valence-electron chi connectivity index (χ3n) is 3.42. The molecule has 1 N–H and O–H groups in total. The van der Waals surface area contributed by atoms with Crippen LogP contribution in [0.4, 0.5) is 0 Å². The van der Waals surface area contributed by atoms with Gasteiger partial charge in [0.05, 0.1) is 24.8 Å². The van der Waals surface area contributed by atoms with Gasteiger partial charge in [-0.15, -0.1) is 0 Å². The van der Waals surface area contributed by atoms with Gasteiger partial charge in [-0.3, -0.25) is 0 Å². The van der Waals surface area contributed by atoms with Crippen molar-refractivity contribution in [2.45, 2.75) is 31.4 Å². The Morgan fingerprint density at radius 2 is 2.40 bits per heavy atom. The maximum atomic E-state index is 5.76. The molecule has 4 nitrogen and oxygen atoms in total. The molecule has 1 saturated heterocycles. The maximum Gasteiger partial charge on any atom is 0.111 e. The highest BCUT2D eigenvalue weighted by atomic mass is 16.5. The van der Waals surface area contributed by atoms with Crippen molar-refractivity contribution in [2.24, 2.45) is 0 Å². The summed E-state index contributed by atoms with van der Waals surface area (Å²) in [7, 11) is 0. The molecule has 4 heteroatoms. The molecule has 2 aliphatic rings. The molecule has 0 spiro atoms. The summed E-state index contributed by atoms with van der Waals surface area (Å²) in [4.78, 5) is 4.26. The monoisotopic (exact) mass is 207 g/mol. The molecule has 1 aliphatic carbocycles. The lowest BCUT2D eigenvalue weighted by Gasteiger charge is -2.31. The van der Waals surface area contributed by atoms with E-state index in [-0.39, 0.29) is 6.10 Å². The van der Waals surface area contributed by atoms with Gasteiger partial charge in [0, 0.05) is 19.1 Å². The predicted molar refractivity (Wildman–Crippen MR) is 56.7 cm³/mol. The highest BCUT2D eigenvalue weighted by molar-refractivity contribution is 5.07. The van der Waals surface area contributed by atoms with Gasteiger partial charge in [0.1, 0.15) is 6.10 Å². The first-order valence-corrected chi connectivity index (χ1v) is 5.79. The maximum absolute atomic E-state index is 5.76. The number of nitrogens with zero attached hydrogens (tertiary/aromatic N) is 2. The van der Waals surface area contributed by atoms with Crippen LogP contribution in [0.2, 0.25) is 0 Å². The Hall–Kier alpha value is -0.870. The van der Waals surface area contributed by atoms with E-state index in [1.807, 2.05) is 12.5 Å². The summed E-state index contributed by atoms with van der Waals surface area (Å²) < 4.78 is 8.07. The van der Waals surface area contributed by atoms with Gasteiger partial charge in [-0.05, 0) is 19.3 Å². The Labute approximate surface area is 89.6 Å². The van der Waals surface area contributed by atoms with E-state index in [1.54, 1.807) is 0 Å². The zero-order valence-electron chi connectivity index (χ0n) is 8.85. The molecule has 82 valence electrons. The average Bonchev–Trinajstić information content (AvgIpc) is 2.65. The minimum Gasteiger partial charge on any atom is -0.369 e. The fourth-order valence-electron chi connectivity index (χ4n) is 2.29. The van der Waals surface area contributed by atoms with Crippen LogP contribution < -0.4 is 5.32 Å². The molecule has 2 heterocycles. The first-order chi connectivity index (χ1) is 7.45. The largest absolute Gasteiger partial charge is 0.369 e. The van der Waals surface area contributed by atoms with Gasteiger partial charge < -0.3 is 14.6 Å². The number of aromatic nitrogens is 2. The fourth-order valence-corrected chi connectivity index (χ4v) is 2.29. The van der Waals surface area contributed by atoms with Crippen molar-refractivity contribution in [1.29, 1.82) is 0 Å². The summed E-state index contributed by atoms with van der Waals surface area (Å²) in [5.74, 6) is 0. The van der Waals surface area contributed by atoms with Gasteiger partial charge in [-0.25, -0.2) is 4.98 Å². The second-order valence-electron chi connectivity index (χ2n) is 4.37. The number of ether oxygens (including phenoxy) is 1. The third-order valence-corrected chi connectivity index (χ3v) is 3.42. The third kappa shape index (κ3) is 1.68. The minimum atomic E-state index is 0.196. The van der Waals surface area contributed by atoms with Crippen molar-refractivity contribution >= 4 is 0 Å². The van der Waals surface area contributed by atoms with E-state index in [1.165, 1.54) is 25.0 Å². The lowest BCUT2D eigenvalue weighted by molar-refractivity contribution is 0.0208. The molecule has 1 aliphatic heterocycles. The number of morpholine rings is 1. The smallest absolute Gasteiger partial charge is 0.111 e. The number of imidazole rings is 1. The molecule has 2 fully saturated rings. The first-order valence-electron chi connectivity index (χ1n) is 5.79. The molecule has 1 aromatic rings. The standard InChI is InChI=1S/C11H17N3O/c1-2-9(3-1)14-8-13-6-10(14)11-7-12-4-5-15-11/h6,8-9,11-12H,1-5,7H2. The second kappa shape index (κ2) is 3.94. The van der Waals surface area contributed by atoms with Gasteiger partial charge >= 0.3 is 0 Å². The summed E-state index contributed by atoms with van der Waals surface area (Å²) in [5.41, 5.74) is 1.24. The topological polar surface area (TPSA) is 39.1 Å². The van der Waals surface area contributed by atoms with E-state index >= 15 is 0 Å². The van der Waals surface area contributed by atoms with Crippen LogP contribution in [0.1, 0.15) is 37.1 Å². The van der Waals surface area contributed by atoms with Crippen LogP contribution in [-0.2, 0) is 4.74 Å². The van der Waals surface area contributed by atoms with Crippen molar-refractivity contribution in [3.8, 4) is 0 Å². The van der Waals surface area contributed by atoms with Crippen LogP contribution >= 0.6 is 0 Å². The SMILES string of the molecule is c1ncn(C2CCC2)c1C1CNCCO1. The van der Waals surface area contributed by atoms with E-state index < -0.39 is 0 Å². The van der Waals surface area contributed by atoms with E-state index in [2.05, 4.69) is 14.9 Å². The van der Waals surface area contributed by atoms with Gasteiger partial charge in [0.2, 0.25) is 0 Å². The Balaban J connectivity index is 1.80. The fraction of sp³-hybridized carbons (Fsp3) is 0.727. The number of nitrogens with one attached hydrogen (secondary N) is 1. The molecular weight excluding hydrogens is 190 g/mol. The Morgan fingerprint density at radius 1 is 1.47 bits per heavy atom. The van der Waals surface area contributed by atoms with Gasteiger partial charge in [0.25, 0.3) is 0 Å². The Morgan fingerprint density at radius 3 is 3.07 bits per heavy atom. The molecule has 0 amide bonds.